The second-order valence-corrected chi connectivity index (χ2v) is 6.35. The topological polar surface area (TPSA) is 61.7 Å². The number of benzene rings is 1. The number of rotatable bonds is 2. The fourth-order valence-electron chi connectivity index (χ4n) is 2.94. The van der Waals surface area contributed by atoms with E-state index >= 15 is 0 Å². The van der Waals surface area contributed by atoms with Crippen molar-refractivity contribution in [3.8, 4) is 5.75 Å². The third-order valence-corrected chi connectivity index (χ3v) is 4.38. The van der Waals surface area contributed by atoms with Crippen molar-refractivity contribution >= 4 is 11.6 Å². The molecule has 0 heterocycles. The van der Waals surface area contributed by atoms with Gasteiger partial charge < -0.3 is 5.11 Å². The van der Waals surface area contributed by atoms with E-state index < -0.39 is 0 Å². The van der Waals surface area contributed by atoms with E-state index in [9.17, 15) is 9.90 Å². The number of phenols is 1. The van der Waals surface area contributed by atoms with Crippen LogP contribution in [-0.2, 0) is 0 Å². The normalized spacial score (nSPS) is 17.7. The van der Waals surface area contributed by atoms with Crippen LogP contribution in [0.5, 0.6) is 5.75 Å². The van der Waals surface area contributed by atoms with Gasteiger partial charge in [-0.25, -0.2) is 5.43 Å². The zero-order valence-electron chi connectivity index (χ0n) is 13.9. The lowest BCUT2D eigenvalue weighted by atomic mass is 10.00. The van der Waals surface area contributed by atoms with E-state index in [0.717, 1.165) is 31.4 Å². The summed E-state index contributed by atoms with van der Waals surface area (Å²) in [6.45, 7) is 0. The lowest BCUT2D eigenvalue weighted by Gasteiger charge is -2.10. The zero-order chi connectivity index (χ0) is 16.3. The van der Waals surface area contributed by atoms with Crippen LogP contribution in [0.2, 0.25) is 0 Å². The van der Waals surface area contributed by atoms with Gasteiger partial charge in [0.15, 0.2) is 0 Å². The Kier molecular flexibility index (Phi) is 7.64. The lowest BCUT2D eigenvalue weighted by molar-refractivity contribution is 0.0954. The fraction of sp³-hybridized carbons (Fsp3) is 0.579. The van der Waals surface area contributed by atoms with E-state index in [4.69, 9.17) is 0 Å². The molecule has 0 atom stereocenters. The largest absolute Gasteiger partial charge is 0.508 e. The predicted molar refractivity (Wildman–Crippen MR) is 93.8 cm³/mol. The Morgan fingerprint density at radius 2 is 1.30 bits per heavy atom. The molecule has 0 aromatic heterocycles. The van der Waals surface area contributed by atoms with Crippen LogP contribution >= 0.6 is 0 Å². The van der Waals surface area contributed by atoms with E-state index in [-0.39, 0.29) is 11.7 Å². The molecule has 0 saturated heterocycles. The molecular weight excluding hydrogens is 288 g/mol. The Morgan fingerprint density at radius 3 is 1.83 bits per heavy atom. The number of nitrogens with one attached hydrogen (secondary N) is 1. The Balaban J connectivity index is 1.88. The quantitative estimate of drug-likeness (QED) is 0.771. The average Bonchev–Trinajstić information content (AvgIpc) is 2.55. The minimum Gasteiger partial charge on any atom is -0.508 e. The van der Waals surface area contributed by atoms with Gasteiger partial charge in [-0.3, -0.25) is 4.79 Å². The first-order valence-corrected chi connectivity index (χ1v) is 8.90. The first-order chi connectivity index (χ1) is 11.3. The van der Waals surface area contributed by atoms with E-state index in [1.54, 1.807) is 12.1 Å². The maximum Gasteiger partial charge on any atom is 0.271 e. The molecule has 4 nitrogen and oxygen atoms in total. The number of hydrazone groups is 1. The van der Waals surface area contributed by atoms with Crippen LogP contribution in [0.15, 0.2) is 29.4 Å². The molecule has 126 valence electrons. The van der Waals surface area contributed by atoms with Gasteiger partial charge in [0.25, 0.3) is 5.91 Å². The molecule has 0 spiro atoms. The van der Waals surface area contributed by atoms with Crippen molar-refractivity contribution in [3.05, 3.63) is 29.8 Å². The lowest BCUT2D eigenvalue weighted by Crippen LogP contribution is -2.19. The minimum absolute atomic E-state index is 0.159. The average molecular weight is 316 g/mol. The number of carbonyl (C=O) groups is 1. The van der Waals surface area contributed by atoms with Crippen LogP contribution in [0, 0.1) is 0 Å². The predicted octanol–water partition coefficient (Wildman–Crippen LogP) is 4.78. The molecule has 2 N–H and O–H groups in total. The van der Waals surface area contributed by atoms with Crippen molar-refractivity contribution in [2.45, 2.75) is 70.6 Å². The van der Waals surface area contributed by atoms with Crippen LogP contribution in [0.1, 0.15) is 81.0 Å². The fourth-order valence-corrected chi connectivity index (χ4v) is 2.94. The Morgan fingerprint density at radius 1 is 0.826 bits per heavy atom. The summed E-state index contributed by atoms with van der Waals surface area (Å²) in [5.74, 6) is -0.0594. The van der Waals surface area contributed by atoms with Crippen LogP contribution in [-0.4, -0.2) is 16.7 Å². The molecule has 1 aromatic carbocycles. The summed E-state index contributed by atoms with van der Waals surface area (Å²) in [7, 11) is 0. The summed E-state index contributed by atoms with van der Waals surface area (Å²) in [6, 6.07) is 6.23. The van der Waals surface area contributed by atoms with Crippen molar-refractivity contribution in [3.63, 3.8) is 0 Å². The monoisotopic (exact) mass is 316 g/mol. The molecule has 1 fully saturated rings. The molecule has 4 heteroatoms. The Bertz CT molecular complexity index is 495. The van der Waals surface area contributed by atoms with E-state index in [2.05, 4.69) is 10.5 Å². The number of nitrogens with zero attached hydrogens (tertiary/aromatic N) is 1. The summed E-state index contributed by atoms with van der Waals surface area (Å²) >= 11 is 0. The van der Waals surface area contributed by atoms with Crippen LogP contribution < -0.4 is 5.43 Å². The summed E-state index contributed by atoms with van der Waals surface area (Å²) in [4.78, 5) is 12.1. The molecule has 1 saturated carbocycles. The second kappa shape index (κ2) is 10.0. The molecule has 1 aliphatic rings. The van der Waals surface area contributed by atoms with Crippen molar-refractivity contribution < 1.29 is 9.90 Å². The number of hydrogen-bond donors (Lipinski definition) is 2. The van der Waals surface area contributed by atoms with Crippen molar-refractivity contribution in [2.24, 2.45) is 5.10 Å². The molecular formula is C19H28N2O2. The van der Waals surface area contributed by atoms with E-state index in [0.29, 0.717) is 5.56 Å². The highest BCUT2D eigenvalue weighted by Gasteiger charge is 2.07. The van der Waals surface area contributed by atoms with E-state index in [1.807, 2.05) is 0 Å². The van der Waals surface area contributed by atoms with Gasteiger partial charge in [-0.1, -0.05) is 44.9 Å². The van der Waals surface area contributed by atoms with Crippen LogP contribution in [0.25, 0.3) is 0 Å². The molecule has 2 rings (SSSR count). The third kappa shape index (κ3) is 6.85. The van der Waals surface area contributed by atoms with Crippen LogP contribution in [0.3, 0.4) is 0 Å². The summed E-state index contributed by atoms with van der Waals surface area (Å²) in [5.41, 5.74) is 4.29. The standard InChI is InChI=1S/C19H28N2O2/c22-18-14-12-16(13-15-18)19(23)21-20-17-10-8-6-4-2-1-3-5-7-9-11-17/h12-15,22H,1-11H2,(H,21,23). The molecule has 0 bridgehead atoms. The zero-order valence-corrected chi connectivity index (χ0v) is 13.9. The number of aromatic hydroxyl groups is 1. The smallest absolute Gasteiger partial charge is 0.271 e. The molecule has 0 aliphatic heterocycles. The highest BCUT2D eigenvalue weighted by atomic mass is 16.3. The van der Waals surface area contributed by atoms with Crippen molar-refractivity contribution in [2.75, 3.05) is 0 Å². The number of carbonyl (C=O) groups excluding carboxylic acids is 1. The molecule has 1 aromatic rings. The Labute approximate surface area is 139 Å². The van der Waals surface area contributed by atoms with Crippen molar-refractivity contribution in [1.82, 2.24) is 5.43 Å². The Hall–Kier alpha value is -1.84. The van der Waals surface area contributed by atoms with Crippen molar-refractivity contribution in [1.29, 1.82) is 0 Å². The molecule has 1 aliphatic carbocycles. The molecule has 0 radical (unpaired) electrons. The number of amides is 1. The van der Waals surface area contributed by atoms with Gasteiger partial charge in [0, 0.05) is 11.3 Å². The maximum absolute atomic E-state index is 12.1. The van der Waals surface area contributed by atoms with Gasteiger partial charge >= 0.3 is 0 Å². The first kappa shape index (κ1) is 17.5. The summed E-state index contributed by atoms with van der Waals surface area (Å²) in [6.07, 6.45) is 13.5. The van der Waals surface area contributed by atoms with Gasteiger partial charge in [0.2, 0.25) is 0 Å². The van der Waals surface area contributed by atoms with Gasteiger partial charge in [0.05, 0.1) is 0 Å². The first-order valence-electron chi connectivity index (χ1n) is 8.90. The molecule has 23 heavy (non-hydrogen) atoms. The number of phenolic OH excluding ortho intramolecular Hbond substituents is 1. The minimum atomic E-state index is -0.219. The summed E-state index contributed by atoms with van der Waals surface area (Å²) < 4.78 is 0. The SMILES string of the molecule is O=C(NN=C1CCCCCCCCCCC1)c1ccc(O)cc1. The van der Waals surface area contributed by atoms with Crippen LogP contribution in [0.4, 0.5) is 0 Å². The highest BCUT2D eigenvalue weighted by Crippen LogP contribution is 2.15. The van der Waals surface area contributed by atoms with Gasteiger partial charge in [-0.2, -0.15) is 5.10 Å². The number of hydrogen-bond acceptors (Lipinski definition) is 3. The molecule has 1 amide bonds. The second-order valence-electron chi connectivity index (χ2n) is 6.35. The van der Waals surface area contributed by atoms with E-state index in [1.165, 1.54) is 57.1 Å². The van der Waals surface area contributed by atoms with Gasteiger partial charge in [0.1, 0.15) is 5.75 Å². The maximum atomic E-state index is 12.1. The third-order valence-electron chi connectivity index (χ3n) is 4.38. The molecule has 0 unspecified atom stereocenters. The van der Waals surface area contributed by atoms with Gasteiger partial charge in [-0.15, -0.1) is 0 Å². The highest BCUT2D eigenvalue weighted by molar-refractivity contribution is 5.95. The summed E-state index contributed by atoms with van der Waals surface area (Å²) in [5, 5.41) is 13.6. The van der Waals surface area contributed by atoms with Gasteiger partial charge in [-0.05, 0) is 49.9 Å².